The maximum Gasteiger partial charge on any atom is 0.262 e. The first-order valence-corrected chi connectivity index (χ1v) is 10.3. The lowest BCUT2D eigenvalue weighted by Crippen LogP contribution is -2.26. The summed E-state index contributed by atoms with van der Waals surface area (Å²) >= 11 is 7.27. The number of halogens is 1. The van der Waals surface area contributed by atoms with Crippen molar-refractivity contribution >= 4 is 46.0 Å². The smallest absolute Gasteiger partial charge is 0.262 e. The van der Waals surface area contributed by atoms with E-state index < -0.39 is 0 Å². The fourth-order valence-electron chi connectivity index (χ4n) is 2.84. The zero-order valence-corrected chi connectivity index (χ0v) is 17.7. The van der Waals surface area contributed by atoms with E-state index in [0.29, 0.717) is 26.9 Å². The lowest BCUT2D eigenvalue weighted by atomic mass is 10.2. The Morgan fingerprint density at radius 1 is 1.21 bits per heavy atom. The second-order valence-electron chi connectivity index (χ2n) is 6.92. The summed E-state index contributed by atoms with van der Waals surface area (Å²) in [5.41, 5.74) is 0.382. The van der Waals surface area contributed by atoms with Crippen molar-refractivity contribution in [3.05, 3.63) is 45.8 Å². The molecule has 0 radical (unpaired) electrons. The van der Waals surface area contributed by atoms with Crippen molar-refractivity contribution in [2.24, 2.45) is 0 Å². The Morgan fingerprint density at radius 2 is 1.96 bits per heavy atom. The van der Waals surface area contributed by atoms with Gasteiger partial charge in [-0.3, -0.25) is 14.2 Å². The predicted molar refractivity (Wildman–Crippen MR) is 113 cm³/mol. The molecule has 1 N–H and O–H groups in total. The standard InChI is InChI=1S/C19H22ClN5O2S/c1-11(2)24-18(27)14-6-5-13(20)9-15(14)22-19(24)28-10-17(26)23-16-7-8-21-25(16)12(3)4/h5-9,11-12H,10H2,1-4H3,(H,23,26). The number of carbonyl (C=O) groups is 1. The molecule has 9 heteroatoms. The third kappa shape index (κ3) is 4.23. The number of anilines is 1. The van der Waals surface area contributed by atoms with Crippen molar-refractivity contribution < 1.29 is 4.79 Å². The molecule has 0 aliphatic heterocycles. The van der Waals surface area contributed by atoms with Crippen LogP contribution in [0.4, 0.5) is 5.82 Å². The highest BCUT2D eigenvalue weighted by Gasteiger charge is 2.16. The number of rotatable bonds is 6. The molecule has 2 aromatic heterocycles. The average molecular weight is 420 g/mol. The van der Waals surface area contributed by atoms with Crippen molar-refractivity contribution in [1.29, 1.82) is 0 Å². The van der Waals surface area contributed by atoms with Gasteiger partial charge in [0.05, 0.1) is 22.9 Å². The minimum Gasteiger partial charge on any atom is -0.310 e. The van der Waals surface area contributed by atoms with Crippen molar-refractivity contribution in [1.82, 2.24) is 19.3 Å². The molecule has 0 aliphatic carbocycles. The fourth-order valence-corrected chi connectivity index (χ4v) is 3.94. The molecule has 1 amide bonds. The molecule has 0 aliphatic rings. The molecule has 2 heterocycles. The minimum atomic E-state index is -0.192. The number of amides is 1. The Kier molecular flexibility index (Phi) is 6.10. The summed E-state index contributed by atoms with van der Waals surface area (Å²) in [5, 5.41) is 8.57. The zero-order valence-electron chi connectivity index (χ0n) is 16.1. The van der Waals surface area contributed by atoms with Gasteiger partial charge in [-0.25, -0.2) is 9.67 Å². The third-order valence-electron chi connectivity index (χ3n) is 4.11. The summed E-state index contributed by atoms with van der Waals surface area (Å²) in [5.74, 6) is 0.567. The number of nitrogens with one attached hydrogen (secondary N) is 1. The first kappa shape index (κ1) is 20.4. The number of hydrogen-bond donors (Lipinski definition) is 1. The van der Waals surface area contributed by atoms with E-state index in [9.17, 15) is 9.59 Å². The van der Waals surface area contributed by atoms with E-state index in [2.05, 4.69) is 15.4 Å². The van der Waals surface area contributed by atoms with E-state index in [1.807, 2.05) is 27.7 Å². The number of aromatic nitrogens is 4. The van der Waals surface area contributed by atoms with Gasteiger partial charge in [-0.15, -0.1) is 0 Å². The largest absolute Gasteiger partial charge is 0.310 e. The average Bonchev–Trinajstić information content (AvgIpc) is 3.07. The van der Waals surface area contributed by atoms with Crippen LogP contribution < -0.4 is 10.9 Å². The number of thioether (sulfide) groups is 1. The monoisotopic (exact) mass is 419 g/mol. The molecule has 0 atom stereocenters. The maximum atomic E-state index is 12.9. The van der Waals surface area contributed by atoms with E-state index in [-0.39, 0.29) is 29.3 Å². The predicted octanol–water partition coefficient (Wildman–Crippen LogP) is 4.14. The van der Waals surface area contributed by atoms with Crippen LogP contribution in [0.15, 0.2) is 40.4 Å². The Morgan fingerprint density at radius 3 is 2.64 bits per heavy atom. The number of hydrogen-bond acceptors (Lipinski definition) is 5. The topological polar surface area (TPSA) is 81.8 Å². The van der Waals surface area contributed by atoms with Crippen LogP contribution in [-0.2, 0) is 4.79 Å². The van der Waals surface area contributed by atoms with Gasteiger partial charge in [-0.05, 0) is 45.9 Å². The third-order valence-corrected chi connectivity index (χ3v) is 5.29. The zero-order chi connectivity index (χ0) is 20.4. The maximum absolute atomic E-state index is 12.9. The second-order valence-corrected chi connectivity index (χ2v) is 8.30. The Labute approximate surface area is 172 Å². The van der Waals surface area contributed by atoms with Gasteiger partial charge in [0.15, 0.2) is 5.16 Å². The molecule has 148 valence electrons. The highest BCUT2D eigenvalue weighted by Crippen LogP contribution is 2.23. The van der Waals surface area contributed by atoms with E-state index in [4.69, 9.17) is 11.6 Å². The molecule has 1 aromatic carbocycles. The van der Waals surface area contributed by atoms with E-state index in [1.165, 1.54) is 11.8 Å². The van der Waals surface area contributed by atoms with Crippen molar-refractivity contribution in [2.75, 3.05) is 11.1 Å². The van der Waals surface area contributed by atoms with Crippen molar-refractivity contribution in [2.45, 2.75) is 44.9 Å². The molecular formula is C19H22ClN5O2S. The molecule has 3 rings (SSSR count). The van der Waals surface area contributed by atoms with Gasteiger partial charge in [0.1, 0.15) is 5.82 Å². The van der Waals surface area contributed by atoms with Gasteiger partial charge in [0, 0.05) is 23.2 Å². The molecule has 0 fully saturated rings. The van der Waals surface area contributed by atoms with Gasteiger partial charge in [0.25, 0.3) is 5.56 Å². The first-order chi connectivity index (χ1) is 13.3. The summed E-state index contributed by atoms with van der Waals surface area (Å²) in [6, 6.07) is 6.82. The summed E-state index contributed by atoms with van der Waals surface area (Å²) in [6.45, 7) is 7.80. The lowest BCUT2D eigenvalue weighted by molar-refractivity contribution is -0.113. The first-order valence-electron chi connectivity index (χ1n) is 8.96. The number of fused-ring (bicyclic) bond motifs is 1. The minimum absolute atomic E-state index is 0.0898. The van der Waals surface area contributed by atoms with Crippen LogP contribution in [-0.4, -0.2) is 31.0 Å². The summed E-state index contributed by atoms with van der Waals surface area (Å²) in [4.78, 5) is 29.9. The van der Waals surface area contributed by atoms with Gasteiger partial charge in [-0.2, -0.15) is 5.10 Å². The summed E-state index contributed by atoms with van der Waals surface area (Å²) in [7, 11) is 0. The molecule has 28 heavy (non-hydrogen) atoms. The Hall–Kier alpha value is -2.32. The van der Waals surface area contributed by atoms with Gasteiger partial charge >= 0.3 is 0 Å². The van der Waals surface area contributed by atoms with Crippen LogP contribution >= 0.6 is 23.4 Å². The fraction of sp³-hybridized carbons (Fsp3) is 0.368. The van der Waals surface area contributed by atoms with Gasteiger partial charge < -0.3 is 5.32 Å². The van der Waals surface area contributed by atoms with Gasteiger partial charge in [-0.1, -0.05) is 23.4 Å². The second kappa shape index (κ2) is 8.36. The van der Waals surface area contributed by atoms with Crippen LogP contribution in [0.3, 0.4) is 0 Å². The van der Waals surface area contributed by atoms with Crippen molar-refractivity contribution in [3.8, 4) is 0 Å². The molecule has 7 nitrogen and oxygen atoms in total. The lowest BCUT2D eigenvalue weighted by Gasteiger charge is -2.16. The summed E-state index contributed by atoms with van der Waals surface area (Å²) < 4.78 is 3.34. The molecular weight excluding hydrogens is 398 g/mol. The quantitative estimate of drug-likeness (QED) is 0.479. The molecule has 3 aromatic rings. The molecule has 0 bridgehead atoms. The Bertz CT molecular complexity index is 1070. The molecule has 0 spiro atoms. The Balaban J connectivity index is 1.85. The van der Waals surface area contributed by atoms with Crippen LogP contribution in [0.5, 0.6) is 0 Å². The van der Waals surface area contributed by atoms with Crippen LogP contribution in [0.1, 0.15) is 39.8 Å². The van der Waals surface area contributed by atoms with Gasteiger partial charge in [0.2, 0.25) is 5.91 Å². The number of benzene rings is 1. The molecule has 0 saturated heterocycles. The van der Waals surface area contributed by atoms with E-state index in [0.717, 1.165) is 0 Å². The molecule has 0 saturated carbocycles. The number of nitrogens with zero attached hydrogens (tertiary/aromatic N) is 4. The van der Waals surface area contributed by atoms with E-state index >= 15 is 0 Å². The SMILES string of the molecule is CC(C)n1nccc1NC(=O)CSc1nc2cc(Cl)ccc2c(=O)n1C(C)C. The van der Waals surface area contributed by atoms with Crippen LogP contribution in [0, 0.1) is 0 Å². The normalized spacial score (nSPS) is 11.5. The van der Waals surface area contributed by atoms with Crippen LogP contribution in [0.25, 0.3) is 10.9 Å². The number of carbonyl (C=O) groups excluding carboxylic acids is 1. The highest BCUT2D eigenvalue weighted by atomic mass is 35.5. The van der Waals surface area contributed by atoms with Crippen molar-refractivity contribution in [3.63, 3.8) is 0 Å². The highest BCUT2D eigenvalue weighted by molar-refractivity contribution is 7.99. The van der Waals surface area contributed by atoms with Crippen LogP contribution in [0.2, 0.25) is 5.02 Å². The molecule has 0 unspecified atom stereocenters. The summed E-state index contributed by atoms with van der Waals surface area (Å²) in [6.07, 6.45) is 1.65. The van der Waals surface area contributed by atoms with E-state index in [1.54, 1.807) is 39.7 Å².